The number of carbonyl (C=O) groups excluding carboxylic acids is 1. The number of allylic oxidation sites excluding steroid dienone is 1. The molecule has 0 atom stereocenters. The zero-order chi connectivity index (χ0) is 14.3. The van der Waals surface area contributed by atoms with Crippen molar-refractivity contribution < 1.29 is 26.7 Å². The van der Waals surface area contributed by atoms with Gasteiger partial charge in [-0.05, 0) is 23.8 Å². The van der Waals surface area contributed by atoms with Crippen molar-refractivity contribution in [1.29, 1.82) is 0 Å². The smallest absolute Gasteiger partial charge is 0.433 e. The normalized spacial score (nSPS) is 14.9. The van der Waals surface area contributed by atoms with Gasteiger partial charge in [0, 0.05) is 30.8 Å². The average Bonchev–Trinajstić information content (AvgIpc) is 2.93. The number of rotatable bonds is 2. The molecule has 0 unspecified atom stereocenters. The Morgan fingerprint density at radius 1 is 1.29 bits per heavy atom. The zero-order valence-electron chi connectivity index (χ0n) is 10.8. The van der Waals surface area contributed by atoms with E-state index >= 15 is 0 Å². The first-order valence-corrected chi connectivity index (χ1v) is 7.45. The number of thiazole rings is 1. The van der Waals surface area contributed by atoms with Crippen molar-refractivity contribution >= 4 is 40.8 Å². The Bertz CT molecular complexity index is 753. The molecule has 0 fully saturated rings. The van der Waals surface area contributed by atoms with Gasteiger partial charge in [0.1, 0.15) is 4.91 Å². The minimum atomic E-state index is -0.441. The van der Waals surface area contributed by atoms with Gasteiger partial charge in [-0.15, -0.1) is 4.57 Å². The van der Waals surface area contributed by atoms with Gasteiger partial charge in [0.25, 0.3) is 5.69 Å². The zero-order valence-corrected chi connectivity index (χ0v) is 13.2. The van der Waals surface area contributed by atoms with Crippen molar-refractivity contribution in [1.82, 2.24) is 0 Å². The molecule has 0 aliphatic carbocycles. The number of nitro benzene ring substituents is 1. The average molecular weight is 341 g/mol. The summed E-state index contributed by atoms with van der Waals surface area (Å²) in [5.74, 6) is -0.0397. The fourth-order valence-electron chi connectivity index (χ4n) is 1.88. The maximum atomic E-state index is 12.2. The number of nitrogens with zero attached hydrogens (tertiary/aromatic N) is 2. The summed E-state index contributed by atoms with van der Waals surface area (Å²) in [4.78, 5) is 23.0. The van der Waals surface area contributed by atoms with Gasteiger partial charge in [-0.1, -0.05) is 11.3 Å². The molecule has 1 aromatic carbocycles. The SMILES string of the molecule is Cc1csc2[n+]1C(=O)/C(=C/c1ccc([N+](=O)[O-])cc1)S2.[Cl-]. The molecule has 0 saturated carbocycles. The molecule has 1 aliphatic rings. The van der Waals surface area contributed by atoms with E-state index in [1.807, 2.05) is 12.3 Å². The highest BCUT2D eigenvalue weighted by Gasteiger charge is 2.38. The first kappa shape index (κ1) is 15.7. The van der Waals surface area contributed by atoms with Crippen LogP contribution in [0, 0.1) is 17.0 Å². The van der Waals surface area contributed by atoms with Crippen molar-refractivity contribution in [3.8, 4) is 0 Å². The molecule has 5 nitrogen and oxygen atoms in total. The molecule has 1 aromatic heterocycles. The lowest BCUT2D eigenvalue weighted by atomic mass is 10.2. The minimum absolute atomic E-state index is 0. The molecular formula is C13H9ClN2O3S2. The lowest BCUT2D eigenvalue weighted by Crippen LogP contribution is -3.00. The maximum Gasteiger partial charge on any atom is 0.433 e. The van der Waals surface area contributed by atoms with Crippen LogP contribution in [-0.4, -0.2) is 10.8 Å². The summed E-state index contributed by atoms with van der Waals surface area (Å²) >= 11 is 2.97. The number of hydrogen-bond donors (Lipinski definition) is 0. The van der Waals surface area contributed by atoms with E-state index in [0.29, 0.717) is 4.91 Å². The quantitative estimate of drug-likeness (QED) is 0.335. The van der Waals surface area contributed by atoms with Crippen LogP contribution in [0.5, 0.6) is 0 Å². The summed E-state index contributed by atoms with van der Waals surface area (Å²) in [5.41, 5.74) is 1.75. The molecule has 2 aromatic rings. The van der Waals surface area contributed by atoms with Crippen LogP contribution in [0.2, 0.25) is 0 Å². The number of aryl methyl sites for hydroxylation is 1. The molecule has 0 spiro atoms. The highest BCUT2D eigenvalue weighted by molar-refractivity contribution is 8.05. The number of thioether (sulfide) groups is 1. The number of aromatic nitrogens is 1. The van der Waals surface area contributed by atoms with Crippen LogP contribution in [0.1, 0.15) is 16.1 Å². The van der Waals surface area contributed by atoms with E-state index in [4.69, 9.17) is 0 Å². The van der Waals surface area contributed by atoms with E-state index in [0.717, 1.165) is 15.6 Å². The van der Waals surface area contributed by atoms with E-state index in [9.17, 15) is 14.9 Å². The van der Waals surface area contributed by atoms with E-state index in [1.165, 1.54) is 35.2 Å². The Hall–Kier alpha value is -1.70. The fraction of sp³-hybridized carbons (Fsp3) is 0.0769. The molecule has 0 bridgehead atoms. The highest BCUT2D eigenvalue weighted by atomic mass is 35.5. The molecule has 0 N–H and O–H groups in total. The Kier molecular flexibility index (Phi) is 4.46. The van der Waals surface area contributed by atoms with E-state index < -0.39 is 4.92 Å². The molecule has 3 rings (SSSR count). The molecule has 0 saturated heterocycles. The Morgan fingerprint density at radius 2 is 1.95 bits per heavy atom. The number of benzene rings is 1. The Balaban J connectivity index is 0.00000161. The molecule has 21 heavy (non-hydrogen) atoms. The standard InChI is InChI=1S/C13H9N2O3S2.ClH/c1-8-7-19-13-14(8)12(16)11(20-13)6-9-2-4-10(5-3-9)15(17)18;/h2-7H,1H3;1H/q+1;/p-1/b11-6-;. The molecule has 108 valence electrons. The van der Waals surface area contributed by atoms with Gasteiger partial charge in [0.05, 0.1) is 10.3 Å². The summed E-state index contributed by atoms with van der Waals surface area (Å²) in [5, 5.41) is 12.5. The van der Waals surface area contributed by atoms with Gasteiger partial charge in [0.15, 0.2) is 5.69 Å². The van der Waals surface area contributed by atoms with Gasteiger partial charge >= 0.3 is 10.2 Å². The predicted molar refractivity (Wildman–Crippen MR) is 76.8 cm³/mol. The van der Waals surface area contributed by atoms with Gasteiger partial charge in [-0.2, -0.15) is 0 Å². The van der Waals surface area contributed by atoms with Crippen LogP contribution >= 0.6 is 23.1 Å². The number of halogens is 1. The Morgan fingerprint density at radius 3 is 2.52 bits per heavy atom. The van der Waals surface area contributed by atoms with Crippen LogP contribution in [0.3, 0.4) is 0 Å². The molecule has 1 aliphatic heterocycles. The first-order valence-electron chi connectivity index (χ1n) is 5.75. The largest absolute Gasteiger partial charge is 1.00 e. The van der Waals surface area contributed by atoms with Gasteiger partial charge < -0.3 is 12.4 Å². The molecular weight excluding hydrogens is 332 g/mol. The molecule has 0 amide bonds. The number of carbonyl (C=O) groups is 1. The first-order chi connectivity index (χ1) is 9.56. The summed E-state index contributed by atoms with van der Waals surface area (Å²) in [6, 6.07) is 6.15. The van der Waals surface area contributed by atoms with E-state index in [2.05, 4.69) is 0 Å². The third-order valence-corrected chi connectivity index (χ3v) is 5.13. The van der Waals surface area contributed by atoms with Gasteiger partial charge in [-0.25, -0.2) is 4.79 Å². The molecule has 0 radical (unpaired) electrons. The monoisotopic (exact) mass is 340 g/mol. The van der Waals surface area contributed by atoms with Crippen LogP contribution in [0.4, 0.5) is 5.69 Å². The van der Waals surface area contributed by atoms with Crippen molar-refractivity contribution in [2.75, 3.05) is 0 Å². The number of hydrogen-bond acceptors (Lipinski definition) is 5. The third kappa shape index (κ3) is 2.85. The molecule has 8 heteroatoms. The van der Waals surface area contributed by atoms with Crippen molar-refractivity contribution in [3.63, 3.8) is 0 Å². The van der Waals surface area contributed by atoms with E-state index in [-0.39, 0.29) is 24.0 Å². The highest BCUT2D eigenvalue weighted by Crippen LogP contribution is 2.35. The second-order valence-corrected chi connectivity index (χ2v) is 6.39. The minimum Gasteiger partial charge on any atom is -1.00 e. The molecule has 2 heterocycles. The van der Waals surface area contributed by atoms with E-state index in [1.54, 1.807) is 22.8 Å². The summed E-state index contributed by atoms with van der Waals surface area (Å²) in [6.45, 7) is 1.90. The van der Waals surface area contributed by atoms with Crippen LogP contribution in [-0.2, 0) is 0 Å². The topological polar surface area (TPSA) is 64.1 Å². The second kappa shape index (κ2) is 5.97. The van der Waals surface area contributed by atoms with Crippen molar-refractivity contribution in [3.05, 3.63) is 55.9 Å². The van der Waals surface area contributed by atoms with Crippen molar-refractivity contribution in [2.45, 2.75) is 11.3 Å². The van der Waals surface area contributed by atoms with Crippen LogP contribution in [0.25, 0.3) is 6.08 Å². The number of fused-ring (bicyclic) bond motifs is 1. The number of non-ortho nitro benzene ring substituents is 1. The summed E-state index contributed by atoms with van der Waals surface area (Å²) < 4.78 is 2.63. The van der Waals surface area contributed by atoms with Crippen LogP contribution < -0.4 is 17.0 Å². The predicted octanol–water partition coefficient (Wildman–Crippen LogP) is 0.0432. The van der Waals surface area contributed by atoms with Crippen LogP contribution in [0.15, 0.2) is 38.9 Å². The third-order valence-electron chi connectivity index (χ3n) is 2.88. The summed E-state index contributed by atoms with van der Waals surface area (Å²) in [7, 11) is 0. The lowest BCUT2D eigenvalue weighted by Gasteiger charge is -1.94. The Labute approximate surface area is 134 Å². The van der Waals surface area contributed by atoms with Gasteiger partial charge in [-0.3, -0.25) is 10.1 Å². The van der Waals surface area contributed by atoms with Gasteiger partial charge in [0.2, 0.25) is 0 Å². The fourth-order valence-corrected chi connectivity index (χ4v) is 4.08. The van der Waals surface area contributed by atoms with Crippen molar-refractivity contribution in [2.24, 2.45) is 0 Å². The maximum absolute atomic E-state index is 12.2. The lowest BCUT2D eigenvalue weighted by molar-refractivity contribution is -0.606. The number of nitro groups is 1. The summed E-state index contributed by atoms with van der Waals surface area (Å²) in [6.07, 6.45) is 1.76. The second-order valence-electron chi connectivity index (χ2n) is 4.24.